The molecule has 0 saturated heterocycles. The van der Waals surface area contributed by atoms with Crippen molar-refractivity contribution >= 4 is 6.03 Å². The maximum atomic E-state index is 14.1. The molecule has 7 heteroatoms. The van der Waals surface area contributed by atoms with Crippen molar-refractivity contribution in [2.24, 2.45) is 0 Å². The highest BCUT2D eigenvalue weighted by Crippen LogP contribution is 2.31. The number of rotatable bonds is 2. The molecule has 1 aromatic heterocycles. The van der Waals surface area contributed by atoms with Crippen LogP contribution in [0.4, 0.5) is 13.6 Å². The largest absolute Gasteiger partial charge is 0.334 e. The van der Waals surface area contributed by atoms with Gasteiger partial charge in [0.05, 0.1) is 12.2 Å². The summed E-state index contributed by atoms with van der Waals surface area (Å²) in [6, 6.07) is 3.01. The summed E-state index contributed by atoms with van der Waals surface area (Å²) in [6.07, 6.45) is 4.02. The van der Waals surface area contributed by atoms with Crippen molar-refractivity contribution in [3.63, 3.8) is 0 Å². The predicted octanol–water partition coefficient (Wildman–Crippen LogP) is 3.63. The number of hydrogen-bond acceptors (Lipinski definition) is 2. The molecule has 1 heterocycles. The number of urea groups is 1. The molecule has 2 amide bonds. The molecule has 1 aromatic carbocycles. The predicted molar refractivity (Wildman–Crippen MR) is 90.6 cm³/mol. The molecule has 0 fully saturated rings. The molecule has 5 nitrogen and oxygen atoms in total. The fraction of sp³-hybridized carbons (Fsp3) is 0.444. The quantitative estimate of drug-likeness (QED) is 0.871. The van der Waals surface area contributed by atoms with Crippen LogP contribution in [0.15, 0.2) is 24.4 Å². The standard InChI is InChI=1S/C18H22F2N4O/c1-18(2,3)23-17(25)22-14-5-4-6-15-12(14)10-21-24(15)16-8-7-11(19)9-13(16)20/h7-10,14H,4-6H2,1-3H3,(H2,22,23,25)/t14-/m0/s1. The van der Waals surface area contributed by atoms with E-state index in [9.17, 15) is 13.6 Å². The Kier molecular flexibility index (Phi) is 4.49. The van der Waals surface area contributed by atoms with Gasteiger partial charge in [-0.25, -0.2) is 18.3 Å². The molecule has 25 heavy (non-hydrogen) atoms. The van der Waals surface area contributed by atoms with E-state index in [1.54, 1.807) is 6.20 Å². The van der Waals surface area contributed by atoms with Crippen LogP contribution in [0.1, 0.15) is 50.9 Å². The second kappa shape index (κ2) is 6.46. The Balaban J connectivity index is 1.86. The lowest BCUT2D eigenvalue weighted by Crippen LogP contribution is -2.47. The Hall–Kier alpha value is -2.44. The minimum Gasteiger partial charge on any atom is -0.334 e. The highest BCUT2D eigenvalue weighted by molar-refractivity contribution is 5.75. The van der Waals surface area contributed by atoms with Crippen LogP contribution in [0.25, 0.3) is 5.69 Å². The molecular weight excluding hydrogens is 326 g/mol. The van der Waals surface area contributed by atoms with Crippen molar-refractivity contribution in [1.29, 1.82) is 0 Å². The lowest BCUT2D eigenvalue weighted by Gasteiger charge is -2.27. The van der Waals surface area contributed by atoms with Crippen molar-refractivity contribution in [3.8, 4) is 5.69 Å². The molecule has 2 N–H and O–H groups in total. The molecule has 0 radical (unpaired) electrons. The Bertz CT molecular complexity index is 795. The third kappa shape index (κ3) is 3.81. The first-order valence-electron chi connectivity index (χ1n) is 8.35. The number of benzene rings is 1. The van der Waals surface area contributed by atoms with Crippen LogP contribution in [0, 0.1) is 11.6 Å². The van der Waals surface area contributed by atoms with E-state index in [2.05, 4.69) is 15.7 Å². The molecule has 0 aliphatic heterocycles. The zero-order valence-electron chi connectivity index (χ0n) is 14.6. The van der Waals surface area contributed by atoms with Crippen LogP contribution in [0.5, 0.6) is 0 Å². The minimum absolute atomic E-state index is 0.177. The summed E-state index contributed by atoms with van der Waals surface area (Å²) in [4.78, 5) is 12.2. The van der Waals surface area contributed by atoms with E-state index >= 15 is 0 Å². The number of fused-ring (bicyclic) bond motifs is 1. The van der Waals surface area contributed by atoms with Gasteiger partial charge in [0.15, 0.2) is 5.82 Å². The molecule has 0 saturated carbocycles. The van der Waals surface area contributed by atoms with Gasteiger partial charge in [-0.2, -0.15) is 5.10 Å². The van der Waals surface area contributed by atoms with Gasteiger partial charge in [-0.05, 0) is 52.2 Å². The second-order valence-electron chi connectivity index (χ2n) is 7.35. The lowest BCUT2D eigenvalue weighted by atomic mass is 9.93. The van der Waals surface area contributed by atoms with Gasteiger partial charge < -0.3 is 10.6 Å². The molecule has 1 aliphatic rings. The smallest absolute Gasteiger partial charge is 0.315 e. The highest BCUT2D eigenvalue weighted by Gasteiger charge is 2.27. The Morgan fingerprint density at radius 1 is 1.32 bits per heavy atom. The van der Waals surface area contributed by atoms with E-state index in [1.165, 1.54) is 16.8 Å². The fourth-order valence-electron chi connectivity index (χ4n) is 3.10. The number of aromatic nitrogens is 2. The van der Waals surface area contributed by atoms with Crippen molar-refractivity contribution in [1.82, 2.24) is 20.4 Å². The van der Waals surface area contributed by atoms with Gasteiger partial charge in [0.2, 0.25) is 0 Å². The number of carbonyl (C=O) groups is 1. The van der Waals surface area contributed by atoms with Crippen molar-refractivity contribution in [2.75, 3.05) is 0 Å². The number of halogens is 2. The molecule has 0 unspecified atom stereocenters. The molecule has 0 bridgehead atoms. The zero-order valence-corrected chi connectivity index (χ0v) is 14.6. The normalized spacial score (nSPS) is 17.1. The van der Waals surface area contributed by atoms with Crippen LogP contribution in [-0.4, -0.2) is 21.4 Å². The molecule has 1 atom stereocenters. The maximum Gasteiger partial charge on any atom is 0.315 e. The third-order valence-corrected chi connectivity index (χ3v) is 4.11. The first-order chi connectivity index (χ1) is 11.7. The van der Waals surface area contributed by atoms with E-state index in [4.69, 9.17) is 0 Å². The first-order valence-corrected chi connectivity index (χ1v) is 8.35. The summed E-state index contributed by atoms with van der Waals surface area (Å²) in [6.45, 7) is 5.73. The van der Waals surface area contributed by atoms with Crippen LogP contribution >= 0.6 is 0 Å². The summed E-state index contributed by atoms with van der Waals surface area (Å²) < 4.78 is 28.7. The maximum absolute atomic E-state index is 14.1. The van der Waals surface area contributed by atoms with Gasteiger partial charge >= 0.3 is 6.03 Å². The Morgan fingerprint density at radius 2 is 2.08 bits per heavy atom. The molecule has 134 valence electrons. The monoisotopic (exact) mass is 348 g/mol. The van der Waals surface area contributed by atoms with Gasteiger partial charge in [-0.3, -0.25) is 0 Å². The van der Waals surface area contributed by atoms with E-state index < -0.39 is 11.6 Å². The molecule has 3 rings (SSSR count). The Morgan fingerprint density at radius 3 is 2.76 bits per heavy atom. The van der Waals surface area contributed by atoms with Gasteiger partial charge in [0.1, 0.15) is 11.5 Å². The summed E-state index contributed by atoms with van der Waals surface area (Å²) >= 11 is 0. The van der Waals surface area contributed by atoms with Crippen molar-refractivity contribution in [2.45, 2.75) is 51.6 Å². The van der Waals surface area contributed by atoms with Gasteiger partial charge in [0, 0.05) is 22.9 Å². The van der Waals surface area contributed by atoms with Crippen molar-refractivity contribution in [3.05, 3.63) is 47.3 Å². The van der Waals surface area contributed by atoms with E-state index in [0.29, 0.717) is 0 Å². The topological polar surface area (TPSA) is 59.0 Å². The van der Waals surface area contributed by atoms with E-state index in [1.807, 2.05) is 20.8 Å². The molecule has 0 spiro atoms. The van der Waals surface area contributed by atoms with Gasteiger partial charge in [-0.15, -0.1) is 0 Å². The SMILES string of the molecule is CC(C)(C)NC(=O)N[C@H]1CCCc2c1cnn2-c1ccc(F)cc1F. The summed E-state index contributed by atoms with van der Waals surface area (Å²) in [5.41, 5.74) is 1.60. The molecular formula is C18H22F2N4O. The van der Waals surface area contributed by atoms with Crippen LogP contribution < -0.4 is 10.6 Å². The third-order valence-electron chi connectivity index (χ3n) is 4.11. The van der Waals surface area contributed by atoms with Gasteiger partial charge in [-0.1, -0.05) is 0 Å². The number of hydrogen-bond donors (Lipinski definition) is 2. The number of amides is 2. The van der Waals surface area contributed by atoms with Crippen LogP contribution in [-0.2, 0) is 6.42 Å². The first kappa shape index (κ1) is 17.4. The summed E-state index contributed by atoms with van der Waals surface area (Å²) in [5, 5.41) is 10.1. The number of nitrogens with one attached hydrogen (secondary N) is 2. The zero-order chi connectivity index (χ0) is 18.2. The average Bonchev–Trinajstić information content (AvgIpc) is 2.90. The van der Waals surface area contributed by atoms with Gasteiger partial charge in [0.25, 0.3) is 0 Å². The molecule has 1 aliphatic carbocycles. The molecule has 2 aromatic rings. The number of nitrogens with zero attached hydrogens (tertiary/aromatic N) is 2. The summed E-state index contributed by atoms with van der Waals surface area (Å²) in [7, 11) is 0. The second-order valence-corrected chi connectivity index (χ2v) is 7.35. The summed E-state index contributed by atoms with van der Waals surface area (Å²) in [5.74, 6) is -1.29. The van der Waals surface area contributed by atoms with Crippen LogP contribution in [0.2, 0.25) is 0 Å². The lowest BCUT2D eigenvalue weighted by molar-refractivity contribution is 0.226. The fourth-order valence-corrected chi connectivity index (χ4v) is 3.10. The van der Waals surface area contributed by atoms with E-state index in [-0.39, 0.29) is 23.3 Å². The highest BCUT2D eigenvalue weighted by atomic mass is 19.1. The minimum atomic E-state index is -0.661. The average molecular weight is 348 g/mol. The number of carbonyl (C=O) groups excluding carboxylic acids is 1. The van der Waals surface area contributed by atoms with Crippen molar-refractivity contribution < 1.29 is 13.6 Å². The Labute approximate surface area is 145 Å². The van der Waals surface area contributed by atoms with E-state index in [0.717, 1.165) is 36.6 Å². The van der Waals surface area contributed by atoms with Crippen LogP contribution in [0.3, 0.4) is 0 Å².